The summed E-state index contributed by atoms with van der Waals surface area (Å²) in [6.45, 7) is 0. The van der Waals surface area contributed by atoms with Crippen molar-refractivity contribution in [2.45, 2.75) is 18.9 Å². The minimum absolute atomic E-state index is 0.209. The molecule has 4 aromatic rings. The maximum Gasteiger partial charge on any atom is 0.313 e. The number of nitrogens with zero attached hydrogens (tertiary/aromatic N) is 1. The molecule has 4 rings (SSSR count). The van der Waals surface area contributed by atoms with E-state index in [1.807, 2.05) is 60.7 Å². The van der Waals surface area contributed by atoms with E-state index in [-0.39, 0.29) is 11.6 Å². The molecule has 0 saturated carbocycles. The summed E-state index contributed by atoms with van der Waals surface area (Å²) in [5.74, 6) is -1.97. The van der Waals surface area contributed by atoms with Crippen molar-refractivity contribution in [2.75, 3.05) is 5.32 Å². The number of benzene rings is 3. The lowest BCUT2D eigenvalue weighted by molar-refractivity contribution is -0.136. The van der Waals surface area contributed by atoms with Crippen LogP contribution in [0, 0.1) is 5.82 Å². The van der Waals surface area contributed by atoms with Crippen molar-refractivity contribution in [2.24, 2.45) is 0 Å². The van der Waals surface area contributed by atoms with Crippen LogP contribution in [0.5, 0.6) is 0 Å². The first kappa shape index (κ1) is 21.2. The average Bonchev–Trinajstić information content (AvgIpc) is 2.80. The summed E-state index contributed by atoms with van der Waals surface area (Å²) in [6.07, 6.45) is 2.51. The van der Waals surface area contributed by atoms with E-state index in [9.17, 15) is 14.0 Å². The van der Waals surface area contributed by atoms with Gasteiger partial charge < -0.3 is 10.6 Å². The van der Waals surface area contributed by atoms with Gasteiger partial charge in [0.15, 0.2) is 0 Å². The van der Waals surface area contributed by atoms with Gasteiger partial charge in [-0.15, -0.1) is 0 Å². The van der Waals surface area contributed by atoms with Gasteiger partial charge in [0.1, 0.15) is 11.3 Å². The monoisotopic (exact) mass is 427 g/mol. The Morgan fingerprint density at radius 2 is 1.44 bits per heavy atom. The molecule has 0 aliphatic carbocycles. The molecule has 0 bridgehead atoms. The maximum atomic E-state index is 13.8. The number of hydrogen-bond donors (Lipinski definition) is 2. The highest BCUT2D eigenvalue weighted by molar-refractivity contribution is 6.39. The van der Waals surface area contributed by atoms with Gasteiger partial charge in [0.25, 0.3) is 0 Å². The molecule has 3 aromatic carbocycles. The lowest BCUT2D eigenvalue weighted by Crippen LogP contribution is -2.44. The highest BCUT2D eigenvalue weighted by Gasteiger charge is 2.20. The predicted octanol–water partition coefficient (Wildman–Crippen LogP) is 4.28. The predicted molar refractivity (Wildman–Crippen MR) is 123 cm³/mol. The molecule has 0 unspecified atom stereocenters. The normalized spacial score (nSPS) is 10.8. The van der Waals surface area contributed by atoms with Crippen LogP contribution in [0.25, 0.3) is 10.9 Å². The number of rotatable bonds is 6. The number of halogens is 1. The zero-order valence-corrected chi connectivity index (χ0v) is 17.3. The second-order valence-corrected chi connectivity index (χ2v) is 7.54. The molecule has 32 heavy (non-hydrogen) atoms. The quantitative estimate of drug-likeness (QED) is 0.451. The summed E-state index contributed by atoms with van der Waals surface area (Å²) in [4.78, 5) is 29.2. The Hall–Kier alpha value is -4.06. The van der Waals surface area contributed by atoms with E-state index < -0.39 is 17.6 Å². The van der Waals surface area contributed by atoms with Gasteiger partial charge in [-0.3, -0.25) is 14.6 Å². The van der Waals surface area contributed by atoms with Crippen LogP contribution >= 0.6 is 0 Å². The summed E-state index contributed by atoms with van der Waals surface area (Å²) < 4.78 is 13.8. The number of amides is 2. The SMILES string of the molecule is O=C(Nc1cnc2c(F)cccc2c1)C(=O)NC(Cc1ccccc1)Cc1ccccc1. The van der Waals surface area contributed by atoms with E-state index in [2.05, 4.69) is 15.6 Å². The largest absolute Gasteiger partial charge is 0.344 e. The lowest BCUT2D eigenvalue weighted by atomic mass is 9.99. The van der Waals surface area contributed by atoms with E-state index in [0.717, 1.165) is 11.1 Å². The fraction of sp³-hybridized carbons (Fsp3) is 0.115. The van der Waals surface area contributed by atoms with Gasteiger partial charge in [0, 0.05) is 11.4 Å². The summed E-state index contributed by atoms with van der Waals surface area (Å²) in [6, 6.07) is 25.5. The van der Waals surface area contributed by atoms with Gasteiger partial charge in [-0.2, -0.15) is 0 Å². The number of carbonyl (C=O) groups excluding carboxylic acids is 2. The van der Waals surface area contributed by atoms with E-state index in [4.69, 9.17) is 0 Å². The number of aromatic nitrogens is 1. The van der Waals surface area contributed by atoms with Crippen molar-refractivity contribution in [1.29, 1.82) is 0 Å². The first-order valence-corrected chi connectivity index (χ1v) is 10.3. The Bertz CT molecular complexity index is 1190. The zero-order valence-electron chi connectivity index (χ0n) is 17.3. The Kier molecular flexibility index (Phi) is 6.51. The van der Waals surface area contributed by atoms with Gasteiger partial charge in [0.05, 0.1) is 11.9 Å². The summed E-state index contributed by atoms with van der Waals surface area (Å²) in [5.41, 5.74) is 2.66. The highest BCUT2D eigenvalue weighted by Crippen LogP contribution is 2.19. The first-order valence-electron chi connectivity index (χ1n) is 10.3. The van der Waals surface area contributed by atoms with Crippen LogP contribution in [-0.2, 0) is 22.4 Å². The second kappa shape index (κ2) is 9.83. The van der Waals surface area contributed by atoms with Crippen LogP contribution in [0.3, 0.4) is 0 Å². The summed E-state index contributed by atoms with van der Waals surface area (Å²) in [5, 5.41) is 5.94. The van der Waals surface area contributed by atoms with Gasteiger partial charge in [-0.1, -0.05) is 72.8 Å². The third kappa shape index (κ3) is 5.35. The Morgan fingerprint density at radius 1 is 0.812 bits per heavy atom. The van der Waals surface area contributed by atoms with Crippen molar-refractivity contribution in [1.82, 2.24) is 10.3 Å². The number of hydrogen-bond acceptors (Lipinski definition) is 3. The molecule has 0 radical (unpaired) electrons. The topological polar surface area (TPSA) is 71.1 Å². The fourth-order valence-electron chi connectivity index (χ4n) is 3.60. The third-order valence-electron chi connectivity index (χ3n) is 5.11. The molecular weight excluding hydrogens is 405 g/mol. The summed E-state index contributed by atoms with van der Waals surface area (Å²) in [7, 11) is 0. The molecule has 160 valence electrons. The van der Waals surface area contributed by atoms with Crippen molar-refractivity contribution in [3.8, 4) is 0 Å². The van der Waals surface area contributed by atoms with Crippen molar-refractivity contribution < 1.29 is 14.0 Å². The number of fused-ring (bicyclic) bond motifs is 1. The second-order valence-electron chi connectivity index (χ2n) is 7.54. The van der Waals surface area contributed by atoms with Crippen LogP contribution < -0.4 is 10.6 Å². The maximum absolute atomic E-state index is 13.8. The van der Waals surface area contributed by atoms with E-state index in [1.165, 1.54) is 12.3 Å². The Labute approximate surface area is 185 Å². The average molecular weight is 427 g/mol. The number of carbonyl (C=O) groups is 2. The van der Waals surface area contributed by atoms with Crippen LogP contribution in [0.15, 0.2) is 91.1 Å². The highest BCUT2D eigenvalue weighted by atomic mass is 19.1. The van der Waals surface area contributed by atoms with Crippen LogP contribution in [-0.4, -0.2) is 22.8 Å². The minimum atomic E-state index is -0.798. The molecule has 1 heterocycles. The van der Waals surface area contributed by atoms with E-state index in [1.54, 1.807) is 18.2 Å². The number of para-hydroxylation sites is 1. The van der Waals surface area contributed by atoms with Crippen molar-refractivity contribution in [3.05, 3.63) is 108 Å². The molecule has 6 heteroatoms. The minimum Gasteiger partial charge on any atom is -0.344 e. The number of anilines is 1. The molecule has 0 saturated heterocycles. The Morgan fingerprint density at radius 3 is 2.06 bits per heavy atom. The molecule has 0 aliphatic heterocycles. The standard InChI is InChI=1S/C26H22FN3O2/c27-23-13-7-12-20-16-22(17-28-24(20)23)30-26(32)25(31)29-21(14-18-8-3-1-4-9-18)15-19-10-5-2-6-11-19/h1-13,16-17,21H,14-15H2,(H,29,31)(H,30,32). The van der Waals surface area contributed by atoms with Gasteiger partial charge in [-0.25, -0.2) is 4.39 Å². The van der Waals surface area contributed by atoms with E-state index >= 15 is 0 Å². The smallest absolute Gasteiger partial charge is 0.313 e. The zero-order chi connectivity index (χ0) is 22.3. The molecule has 0 fully saturated rings. The molecular formula is C26H22FN3O2. The fourth-order valence-corrected chi connectivity index (χ4v) is 3.60. The van der Waals surface area contributed by atoms with Crippen LogP contribution in [0.2, 0.25) is 0 Å². The van der Waals surface area contributed by atoms with Crippen LogP contribution in [0.1, 0.15) is 11.1 Å². The van der Waals surface area contributed by atoms with Gasteiger partial charge in [0.2, 0.25) is 0 Å². The number of nitrogens with one attached hydrogen (secondary N) is 2. The van der Waals surface area contributed by atoms with Gasteiger partial charge in [-0.05, 0) is 36.1 Å². The Balaban J connectivity index is 1.46. The van der Waals surface area contributed by atoms with Crippen molar-refractivity contribution >= 4 is 28.4 Å². The van der Waals surface area contributed by atoms with Gasteiger partial charge >= 0.3 is 11.8 Å². The number of pyridine rings is 1. The molecule has 5 nitrogen and oxygen atoms in total. The molecule has 2 amide bonds. The lowest BCUT2D eigenvalue weighted by Gasteiger charge is -2.19. The molecule has 0 spiro atoms. The first-order chi connectivity index (χ1) is 15.6. The van der Waals surface area contributed by atoms with E-state index in [0.29, 0.717) is 23.9 Å². The molecule has 1 aromatic heterocycles. The molecule has 2 N–H and O–H groups in total. The van der Waals surface area contributed by atoms with Crippen molar-refractivity contribution in [3.63, 3.8) is 0 Å². The summed E-state index contributed by atoms with van der Waals surface area (Å²) >= 11 is 0. The molecule has 0 aliphatic rings. The van der Waals surface area contributed by atoms with Crippen LogP contribution in [0.4, 0.5) is 10.1 Å². The third-order valence-corrected chi connectivity index (χ3v) is 5.11. The molecule has 0 atom stereocenters.